The lowest BCUT2D eigenvalue weighted by atomic mass is 10.0. The molecule has 1 saturated heterocycles. The number of carbonyl (C=O) groups excluding carboxylic acids is 2. The monoisotopic (exact) mass is 319 g/mol. The SMILES string of the molecule is CC(C)(CNC(=O)CNC(=O)c1ccccc1)N1CCOCC1. The van der Waals surface area contributed by atoms with Gasteiger partial charge < -0.3 is 15.4 Å². The molecule has 23 heavy (non-hydrogen) atoms. The van der Waals surface area contributed by atoms with Gasteiger partial charge in [0.25, 0.3) is 5.91 Å². The van der Waals surface area contributed by atoms with Crippen molar-refractivity contribution in [1.82, 2.24) is 15.5 Å². The van der Waals surface area contributed by atoms with Gasteiger partial charge in [0.15, 0.2) is 0 Å². The molecule has 0 saturated carbocycles. The molecule has 1 aromatic carbocycles. The second-order valence-corrected chi connectivity index (χ2v) is 6.24. The maximum Gasteiger partial charge on any atom is 0.251 e. The fourth-order valence-electron chi connectivity index (χ4n) is 2.51. The third-order valence-corrected chi connectivity index (χ3v) is 4.03. The smallest absolute Gasteiger partial charge is 0.251 e. The Hall–Kier alpha value is -1.92. The summed E-state index contributed by atoms with van der Waals surface area (Å²) in [4.78, 5) is 26.1. The van der Waals surface area contributed by atoms with E-state index in [-0.39, 0.29) is 23.9 Å². The molecule has 0 bridgehead atoms. The van der Waals surface area contributed by atoms with E-state index in [0.29, 0.717) is 12.1 Å². The van der Waals surface area contributed by atoms with E-state index in [2.05, 4.69) is 29.4 Å². The van der Waals surface area contributed by atoms with Crippen molar-refractivity contribution < 1.29 is 14.3 Å². The van der Waals surface area contributed by atoms with E-state index < -0.39 is 0 Å². The lowest BCUT2D eigenvalue weighted by Crippen LogP contribution is -2.56. The van der Waals surface area contributed by atoms with E-state index in [1.807, 2.05) is 6.07 Å². The Morgan fingerprint density at radius 1 is 1.13 bits per heavy atom. The van der Waals surface area contributed by atoms with Crippen LogP contribution in [0.4, 0.5) is 0 Å². The predicted molar refractivity (Wildman–Crippen MR) is 88.3 cm³/mol. The fourth-order valence-corrected chi connectivity index (χ4v) is 2.51. The van der Waals surface area contributed by atoms with E-state index in [0.717, 1.165) is 26.3 Å². The molecule has 0 atom stereocenters. The number of amides is 2. The molecule has 0 aromatic heterocycles. The van der Waals surface area contributed by atoms with Crippen molar-refractivity contribution in [2.75, 3.05) is 39.4 Å². The van der Waals surface area contributed by atoms with Crippen LogP contribution in [0.3, 0.4) is 0 Å². The van der Waals surface area contributed by atoms with Crippen molar-refractivity contribution in [3.8, 4) is 0 Å². The quantitative estimate of drug-likeness (QED) is 0.807. The molecule has 1 fully saturated rings. The van der Waals surface area contributed by atoms with Gasteiger partial charge in [0, 0.05) is 30.7 Å². The molecule has 126 valence electrons. The van der Waals surface area contributed by atoms with Crippen molar-refractivity contribution in [3.63, 3.8) is 0 Å². The number of ether oxygens (including phenoxy) is 1. The summed E-state index contributed by atoms with van der Waals surface area (Å²) in [5, 5.41) is 5.52. The van der Waals surface area contributed by atoms with E-state index >= 15 is 0 Å². The van der Waals surface area contributed by atoms with Crippen LogP contribution in [0, 0.1) is 0 Å². The number of nitrogens with one attached hydrogen (secondary N) is 2. The molecule has 1 aromatic rings. The average Bonchev–Trinajstić information content (AvgIpc) is 2.59. The second-order valence-electron chi connectivity index (χ2n) is 6.24. The van der Waals surface area contributed by atoms with Crippen molar-refractivity contribution in [2.45, 2.75) is 19.4 Å². The molecule has 1 aliphatic rings. The molecule has 0 unspecified atom stereocenters. The molecule has 1 heterocycles. The van der Waals surface area contributed by atoms with Gasteiger partial charge in [0.1, 0.15) is 0 Å². The van der Waals surface area contributed by atoms with Crippen LogP contribution in [-0.4, -0.2) is 61.6 Å². The summed E-state index contributed by atoms with van der Waals surface area (Å²) < 4.78 is 5.35. The second kappa shape index (κ2) is 8.08. The Bertz CT molecular complexity index is 525. The minimum absolute atomic E-state index is 0.0209. The van der Waals surface area contributed by atoms with Crippen LogP contribution in [0.1, 0.15) is 24.2 Å². The summed E-state index contributed by atoms with van der Waals surface area (Å²) >= 11 is 0. The molecule has 6 heteroatoms. The Morgan fingerprint density at radius 3 is 2.43 bits per heavy atom. The molecule has 0 aliphatic carbocycles. The van der Waals surface area contributed by atoms with Gasteiger partial charge in [-0.25, -0.2) is 0 Å². The molecule has 0 radical (unpaired) electrons. The summed E-state index contributed by atoms with van der Waals surface area (Å²) in [6.07, 6.45) is 0. The normalized spacial score (nSPS) is 15.9. The standard InChI is InChI=1S/C17H25N3O3/c1-17(2,20-8-10-23-11-9-20)13-19-15(21)12-18-16(22)14-6-4-3-5-7-14/h3-7H,8-13H2,1-2H3,(H,18,22)(H,19,21). The molecule has 2 rings (SSSR count). The largest absolute Gasteiger partial charge is 0.379 e. The number of morpholine rings is 1. The van der Waals surface area contributed by atoms with Crippen LogP contribution in [0.2, 0.25) is 0 Å². The van der Waals surface area contributed by atoms with Gasteiger partial charge in [-0.1, -0.05) is 18.2 Å². The first kappa shape index (κ1) is 17.4. The molecular formula is C17H25N3O3. The Kier molecular flexibility index (Phi) is 6.12. The molecule has 2 N–H and O–H groups in total. The van der Waals surface area contributed by atoms with Gasteiger partial charge in [0.05, 0.1) is 19.8 Å². The summed E-state index contributed by atoms with van der Waals surface area (Å²) in [7, 11) is 0. The minimum Gasteiger partial charge on any atom is -0.379 e. The van der Waals surface area contributed by atoms with Crippen molar-refractivity contribution in [3.05, 3.63) is 35.9 Å². The van der Waals surface area contributed by atoms with E-state index in [4.69, 9.17) is 4.74 Å². The number of hydrogen-bond acceptors (Lipinski definition) is 4. The van der Waals surface area contributed by atoms with E-state index in [1.54, 1.807) is 24.3 Å². The zero-order valence-corrected chi connectivity index (χ0v) is 13.8. The Balaban J connectivity index is 1.73. The number of rotatable bonds is 6. The van der Waals surface area contributed by atoms with Gasteiger partial charge in [0.2, 0.25) is 5.91 Å². The summed E-state index contributed by atoms with van der Waals surface area (Å²) in [6, 6.07) is 8.86. The average molecular weight is 319 g/mol. The van der Waals surface area contributed by atoms with Crippen LogP contribution >= 0.6 is 0 Å². The van der Waals surface area contributed by atoms with Gasteiger partial charge in [-0.05, 0) is 26.0 Å². The van der Waals surface area contributed by atoms with Crippen LogP contribution in [0.15, 0.2) is 30.3 Å². The van der Waals surface area contributed by atoms with Crippen LogP contribution < -0.4 is 10.6 Å². The number of hydrogen-bond donors (Lipinski definition) is 2. The minimum atomic E-state index is -0.242. The van der Waals surface area contributed by atoms with Gasteiger partial charge in [-0.3, -0.25) is 14.5 Å². The van der Waals surface area contributed by atoms with Gasteiger partial charge in [-0.15, -0.1) is 0 Å². The van der Waals surface area contributed by atoms with Crippen molar-refractivity contribution >= 4 is 11.8 Å². The lowest BCUT2D eigenvalue weighted by Gasteiger charge is -2.40. The molecule has 2 amide bonds. The lowest BCUT2D eigenvalue weighted by molar-refractivity contribution is -0.120. The van der Waals surface area contributed by atoms with Gasteiger partial charge >= 0.3 is 0 Å². The van der Waals surface area contributed by atoms with Crippen molar-refractivity contribution in [1.29, 1.82) is 0 Å². The van der Waals surface area contributed by atoms with Crippen molar-refractivity contribution in [2.24, 2.45) is 0 Å². The highest BCUT2D eigenvalue weighted by Gasteiger charge is 2.28. The van der Waals surface area contributed by atoms with E-state index in [1.165, 1.54) is 0 Å². The first-order chi connectivity index (χ1) is 11.0. The Labute approximate surface area is 137 Å². The fraction of sp³-hybridized carbons (Fsp3) is 0.529. The highest BCUT2D eigenvalue weighted by atomic mass is 16.5. The first-order valence-electron chi connectivity index (χ1n) is 7.92. The molecular weight excluding hydrogens is 294 g/mol. The highest BCUT2D eigenvalue weighted by molar-refractivity contribution is 5.96. The number of nitrogens with zero attached hydrogens (tertiary/aromatic N) is 1. The molecule has 6 nitrogen and oxygen atoms in total. The van der Waals surface area contributed by atoms with Crippen LogP contribution in [0.5, 0.6) is 0 Å². The summed E-state index contributed by atoms with van der Waals surface area (Å²) in [5.74, 6) is -0.427. The maximum absolute atomic E-state index is 11.9. The third-order valence-electron chi connectivity index (χ3n) is 4.03. The predicted octanol–water partition coefficient (Wildman–Crippen LogP) is 0.643. The third kappa shape index (κ3) is 5.33. The number of benzene rings is 1. The number of carbonyl (C=O) groups is 2. The zero-order valence-electron chi connectivity index (χ0n) is 13.8. The Morgan fingerprint density at radius 2 is 1.78 bits per heavy atom. The molecule has 0 spiro atoms. The highest BCUT2D eigenvalue weighted by Crippen LogP contribution is 2.14. The summed E-state index contributed by atoms with van der Waals surface area (Å²) in [6.45, 7) is 7.90. The first-order valence-corrected chi connectivity index (χ1v) is 7.92. The van der Waals surface area contributed by atoms with Gasteiger partial charge in [-0.2, -0.15) is 0 Å². The summed E-state index contributed by atoms with van der Waals surface area (Å²) in [5.41, 5.74) is 0.414. The van der Waals surface area contributed by atoms with Crippen LogP contribution in [-0.2, 0) is 9.53 Å². The topological polar surface area (TPSA) is 70.7 Å². The molecule has 1 aliphatic heterocycles. The van der Waals surface area contributed by atoms with Crippen LogP contribution in [0.25, 0.3) is 0 Å². The maximum atomic E-state index is 11.9. The van der Waals surface area contributed by atoms with E-state index in [9.17, 15) is 9.59 Å². The zero-order chi connectivity index (χ0) is 16.7.